The molecule has 22 heavy (non-hydrogen) atoms. The maximum Gasteiger partial charge on any atom is 0.269 e. The van der Waals surface area contributed by atoms with Crippen LogP contribution in [0.2, 0.25) is 0 Å². The maximum atomic E-state index is 10.7. The topological polar surface area (TPSA) is 72.4 Å². The number of nitro benzene ring substituents is 1. The predicted octanol–water partition coefficient (Wildman–Crippen LogP) is 3.59. The third-order valence-electron chi connectivity index (χ3n) is 3.48. The van der Waals surface area contributed by atoms with E-state index in [1.54, 1.807) is 12.1 Å². The molecule has 0 atom stereocenters. The smallest absolute Gasteiger partial charge is 0.269 e. The zero-order chi connectivity index (χ0) is 15.9. The van der Waals surface area contributed by atoms with E-state index in [1.165, 1.54) is 5.56 Å². The number of benzene rings is 2. The molecular weight excluding hydrogens is 278 g/mol. The first-order valence-corrected chi connectivity index (χ1v) is 7.38. The normalized spacial score (nSPS) is 10.8. The van der Waals surface area contributed by atoms with Crippen LogP contribution < -0.4 is 5.73 Å². The molecule has 2 aromatic carbocycles. The van der Waals surface area contributed by atoms with Gasteiger partial charge in [-0.2, -0.15) is 0 Å². The number of hydrogen-bond acceptors (Lipinski definition) is 4. The SMILES string of the molecule is CCCN(Cc1ccc(N)cc1)Cc1ccc([N+](=O)[O-])cc1. The average Bonchev–Trinajstić information content (AvgIpc) is 2.50. The lowest BCUT2D eigenvalue weighted by Gasteiger charge is -2.22. The molecule has 116 valence electrons. The Morgan fingerprint density at radius 2 is 1.50 bits per heavy atom. The largest absolute Gasteiger partial charge is 0.399 e. The van der Waals surface area contributed by atoms with Crippen molar-refractivity contribution in [1.82, 2.24) is 4.90 Å². The highest BCUT2D eigenvalue weighted by molar-refractivity contribution is 5.39. The van der Waals surface area contributed by atoms with E-state index in [2.05, 4.69) is 11.8 Å². The van der Waals surface area contributed by atoms with Crippen LogP contribution in [0.3, 0.4) is 0 Å². The van der Waals surface area contributed by atoms with Gasteiger partial charge >= 0.3 is 0 Å². The Morgan fingerprint density at radius 3 is 1.95 bits per heavy atom. The summed E-state index contributed by atoms with van der Waals surface area (Å²) in [5.41, 5.74) is 8.89. The predicted molar refractivity (Wildman–Crippen MR) is 88.4 cm³/mol. The van der Waals surface area contributed by atoms with Gasteiger partial charge in [-0.1, -0.05) is 31.2 Å². The van der Waals surface area contributed by atoms with E-state index in [0.717, 1.165) is 37.3 Å². The van der Waals surface area contributed by atoms with Gasteiger partial charge in [-0.15, -0.1) is 0 Å². The number of anilines is 1. The zero-order valence-electron chi connectivity index (χ0n) is 12.7. The molecule has 5 nitrogen and oxygen atoms in total. The Hall–Kier alpha value is -2.40. The van der Waals surface area contributed by atoms with Gasteiger partial charge in [0.2, 0.25) is 0 Å². The number of nitrogen functional groups attached to an aromatic ring is 1. The summed E-state index contributed by atoms with van der Waals surface area (Å²) in [6.07, 6.45) is 1.06. The molecule has 2 N–H and O–H groups in total. The van der Waals surface area contributed by atoms with Crippen molar-refractivity contribution in [3.05, 3.63) is 69.8 Å². The van der Waals surface area contributed by atoms with Gasteiger partial charge in [-0.25, -0.2) is 0 Å². The number of hydrogen-bond donors (Lipinski definition) is 1. The molecule has 0 heterocycles. The Morgan fingerprint density at radius 1 is 1.00 bits per heavy atom. The second-order valence-corrected chi connectivity index (χ2v) is 5.38. The summed E-state index contributed by atoms with van der Waals surface area (Å²) in [6.45, 7) is 4.73. The maximum absolute atomic E-state index is 10.7. The first-order valence-electron chi connectivity index (χ1n) is 7.38. The monoisotopic (exact) mass is 299 g/mol. The van der Waals surface area contributed by atoms with Crippen molar-refractivity contribution in [3.63, 3.8) is 0 Å². The third-order valence-corrected chi connectivity index (χ3v) is 3.48. The van der Waals surface area contributed by atoms with E-state index in [4.69, 9.17) is 5.73 Å². The lowest BCUT2D eigenvalue weighted by Crippen LogP contribution is -2.23. The van der Waals surface area contributed by atoms with Crippen molar-refractivity contribution in [3.8, 4) is 0 Å². The van der Waals surface area contributed by atoms with Crippen LogP contribution in [0, 0.1) is 10.1 Å². The van der Waals surface area contributed by atoms with Gasteiger partial charge in [0.1, 0.15) is 0 Å². The second-order valence-electron chi connectivity index (χ2n) is 5.38. The first-order chi connectivity index (χ1) is 10.6. The molecule has 5 heteroatoms. The number of non-ortho nitro benzene ring substituents is 1. The van der Waals surface area contributed by atoms with Crippen molar-refractivity contribution in [1.29, 1.82) is 0 Å². The van der Waals surface area contributed by atoms with Gasteiger partial charge in [0, 0.05) is 30.9 Å². The summed E-state index contributed by atoms with van der Waals surface area (Å²) in [4.78, 5) is 12.6. The molecule has 2 rings (SSSR count). The highest BCUT2D eigenvalue weighted by Crippen LogP contribution is 2.16. The summed E-state index contributed by atoms with van der Waals surface area (Å²) >= 11 is 0. The highest BCUT2D eigenvalue weighted by Gasteiger charge is 2.09. The summed E-state index contributed by atoms with van der Waals surface area (Å²) in [6, 6.07) is 14.7. The van der Waals surface area contributed by atoms with Crippen LogP contribution in [-0.2, 0) is 13.1 Å². The minimum atomic E-state index is -0.373. The van der Waals surface area contributed by atoms with Crippen LogP contribution in [0.15, 0.2) is 48.5 Å². The minimum Gasteiger partial charge on any atom is -0.399 e. The van der Waals surface area contributed by atoms with E-state index >= 15 is 0 Å². The van der Waals surface area contributed by atoms with E-state index in [-0.39, 0.29) is 10.6 Å². The standard InChI is InChI=1S/C17H21N3O2/c1-2-11-19(12-14-3-7-16(18)8-4-14)13-15-5-9-17(10-6-15)20(21)22/h3-10H,2,11-13,18H2,1H3. The van der Waals surface area contributed by atoms with Crippen molar-refractivity contribution < 1.29 is 4.92 Å². The molecule has 0 unspecified atom stereocenters. The summed E-state index contributed by atoms with van der Waals surface area (Å²) < 4.78 is 0. The molecule has 0 aromatic heterocycles. The Labute approximate surface area is 130 Å². The average molecular weight is 299 g/mol. The van der Waals surface area contributed by atoms with Gasteiger partial charge in [0.25, 0.3) is 5.69 Å². The van der Waals surface area contributed by atoms with Gasteiger partial charge in [-0.3, -0.25) is 15.0 Å². The van der Waals surface area contributed by atoms with Crippen molar-refractivity contribution in [2.45, 2.75) is 26.4 Å². The molecule has 2 aromatic rings. The fourth-order valence-corrected chi connectivity index (χ4v) is 2.39. The Kier molecular flexibility index (Phi) is 5.49. The minimum absolute atomic E-state index is 0.129. The van der Waals surface area contributed by atoms with Gasteiger partial charge in [0.15, 0.2) is 0 Å². The van der Waals surface area contributed by atoms with E-state index in [9.17, 15) is 10.1 Å². The number of nitro groups is 1. The molecule has 0 aliphatic heterocycles. The van der Waals surface area contributed by atoms with Crippen LogP contribution in [0.4, 0.5) is 11.4 Å². The van der Waals surface area contributed by atoms with E-state index in [1.807, 2.05) is 36.4 Å². The van der Waals surface area contributed by atoms with Gasteiger partial charge in [-0.05, 0) is 36.2 Å². The van der Waals surface area contributed by atoms with Crippen LogP contribution in [0.25, 0.3) is 0 Å². The van der Waals surface area contributed by atoms with Crippen molar-refractivity contribution in [2.75, 3.05) is 12.3 Å². The molecular formula is C17H21N3O2. The summed E-state index contributed by atoms with van der Waals surface area (Å²) in [5, 5.41) is 10.7. The molecule has 0 aliphatic carbocycles. The van der Waals surface area contributed by atoms with Crippen LogP contribution in [-0.4, -0.2) is 16.4 Å². The van der Waals surface area contributed by atoms with Crippen LogP contribution in [0.1, 0.15) is 24.5 Å². The number of rotatable bonds is 7. The van der Waals surface area contributed by atoms with E-state index in [0.29, 0.717) is 0 Å². The van der Waals surface area contributed by atoms with E-state index < -0.39 is 0 Å². The fourth-order valence-electron chi connectivity index (χ4n) is 2.39. The van der Waals surface area contributed by atoms with Crippen LogP contribution >= 0.6 is 0 Å². The fraction of sp³-hybridized carbons (Fsp3) is 0.294. The molecule has 0 saturated heterocycles. The molecule has 0 amide bonds. The quantitative estimate of drug-likeness (QED) is 0.482. The number of nitrogens with two attached hydrogens (primary N) is 1. The molecule has 0 saturated carbocycles. The van der Waals surface area contributed by atoms with Gasteiger partial charge in [0.05, 0.1) is 4.92 Å². The van der Waals surface area contributed by atoms with Crippen molar-refractivity contribution >= 4 is 11.4 Å². The third kappa shape index (κ3) is 4.56. The lowest BCUT2D eigenvalue weighted by atomic mass is 10.1. The van der Waals surface area contributed by atoms with Gasteiger partial charge < -0.3 is 5.73 Å². The Bertz CT molecular complexity index is 609. The van der Waals surface area contributed by atoms with Crippen molar-refractivity contribution in [2.24, 2.45) is 0 Å². The molecule has 0 spiro atoms. The second kappa shape index (κ2) is 7.56. The number of nitrogens with zero attached hydrogens (tertiary/aromatic N) is 2. The molecule has 0 bridgehead atoms. The van der Waals surface area contributed by atoms with Crippen LogP contribution in [0.5, 0.6) is 0 Å². The summed E-state index contributed by atoms with van der Waals surface area (Å²) in [7, 11) is 0. The zero-order valence-corrected chi connectivity index (χ0v) is 12.7. The molecule has 0 fully saturated rings. The highest BCUT2D eigenvalue weighted by atomic mass is 16.6. The summed E-state index contributed by atoms with van der Waals surface area (Å²) in [5.74, 6) is 0. The molecule has 0 radical (unpaired) electrons. The lowest BCUT2D eigenvalue weighted by molar-refractivity contribution is -0.384. The molecule has 0 aliphatic rings. The Balaban J connectivity index is 2.04. The first kappa shape index (κ1) is 16.0.